The van der Waals surface area contributed by atoms with Crippen LogP contribution in [0.25, 0.3) is 25.1 Å². The Bertz CT molecular complexity index is 1140. The number of ether oxygens (including phenoxy) is 2. The molecule has 1 aromatic heterocycles. The number of cyclic esters (lactones) is 1. The molecule has 0 bridgehead atoms. The summed E-state index contributed by atoms with van der Waals surface area (Å²) >= 11 is 0. The summed E-state index contributed by atoms with van der Waals surface area (Å²) in [5, 5.41) is 2.69. The number of thiophene rings is 1. The van der Waals surface area contributed by atoms with Gasteiger partial charge in [0.2, 0.25) is 0 Å². The van der Waals surface area contributed by atoms with Crippen molar-refractivity contribution in [3.05, 3.63) is 71.8 Å². The fraction of sp³-hybridized carbons (Fsp3) is 0.208. The third-order valence-electron chi connectivity index (χ3n) is 5.35. The molecule has 0 aliphatic carbocycles. The normalized spacial score (nSPS) is 16.6. The van der Waals surface area contributed by atoms with E-state index in [1.807, 2.05) is 12.1 Å². The minimum absolute atomic E-state index is 0.130. The minimum atomic E-state index is -0.481. The zero-order chi connectivity index (χ0) is 19.3. The molecule has 28 heavy (non-hydrogen) atoms. The fourth-order valence-corrected chi connectivity index (χ4v) is 6.67. The minimum Gasteiger partial charge on any atom is -0.479 e. The second kappa shape index (κ2) is 6.64. The Balaban J connectivity index is 1.65. The van der Waals surface area contributed by atoms with Crippen LogP contribution in [0.3, 0.4) is 0 Å². The summed E-state index contributed by atoms with van der Waals surface area (Å²) in [4.78, 5) is 12.9. The number of fused-ring (bicyclic) bond motifs is 3. The number of rotatable bonds is 3. The van der Waals surface area contributed by atoms with Crippen molar-refractivity contribution >= 4 is 36.6 Å². The average Bonchev–Trinajstić information content (AvgIpc) is 3.26. The molecule has 0 spiro atoms. The van der Waals surface area contributed by atoms with Gasteiger partial charge in [-0.1, -0.05) is 24.3 Å². The number of esters is 1. The lowest BCUT2D eigenvalue weighted by atomic mass is 10.1. The van der Waals surface area contributed by atoms with Crippen LogP contribution in [0.5, 0.6) is 5.75 Å². The van der Waals surface area contributed by atoms with Crippen molar-refractivity contribution in [1.82, 2.24) is 0 Å². The smallest absolute Gasteiger partial charge is 0.347 e. The zero-order valence-electron chi connectivity index (χ0n) is 15.9. The van der Waals surface area contributed by atoms with E-state index >= 15 is 0 Å². The highest BCUT2D eigenvalue weighted by molar-refractivity contribution is 7.50. The zero-order valence-corrected chi connectivity index (χ0v) is 16.7. The molecule has 0 N–H and O–H groups in total. The van der Waals surface area contributed by atoms with Crippen molar-refractivity contribution in [3.8, 4) is 10.6 Å². The van der Waals surface area contributed by atoms with E-state index in [1.54, 1.807) is 0 Å². The molecule has 1 saturated heterocycles. The van der Waals surface area contributed by atoms with Crippen molar-refractivity contribution in [3.63, 3.8) is 0 Å². The Hall–Kier alpha value is -2.85. The van der Waals surface area contributed by atoms with E-state index < -0.39 is 6.10 Å². The number of aryl methyl sites for hydroxylation is 2. The predicted octanol–water partition coefficient (Wildman–Crippen LogP) is 6.04. The van der Waals surface area contributed by atoms with Crippen LogP contribution in [0.1, 0.15) is 17.5 Å². The first-order chi connectivity index (χ1) is 13.6. The monoisotopic (exact) mass is 389 g/mol. The van der Waals surface area contributed by atoms with Gasteiger partial charge in [0.05, 0.1) is 6.61 Å². The lowest BCUT2D eigenvalue weighted by Gasteiger charge is -2.09. The number of carbonyl (C=O) groups excluding carboxylic acids is 1. The molecular formula is C24H21O3S+. The number of benzene rings is 3. The molecule has 0 amide bonds. The van der Waals surface area contributed by atoms with Gasteiger partial charge in [0.1, 0.15) is 5.75 Å². The molecule has 1 unspecified atom stereocenters. The van der Waals surface area contributed by atoms with Crippen LogP contribution < -0.4 is 4.74 Å². The van der Waals surface area contributed by atoms with Crippen LogP contribution in [-0.2, 0) is 9.53 Å². The SMILES string of the molecule is Cc1cccc2c3cccc(C)c3[s+](-c3ccc(OC4CCOC4=O)cc3)c12. The van der Waals surface area contributed by atoms with Crippen molar-refractivity contribution < 1.29 is 14.3 Å². The van der Waals surface area contributed by atoms with Crippen LogP contribution in [0, 0.1) is 13.8 Å². The number of hydrogen-bond donors (Lipinski definition) is 0. The van der Waals surface area contributed by atoms with Crippen molar-refractivity contribution in [1.29, 1.82) is 0 Å². The Labute approximate surface area is 166 Å². The summed E-state index contributed by atoms with van der Waals surface area (Å²) in [5.74, 6) is 0.446. The molecule has 2 heterocycles. The van der Waals surface area contributed by atoms with Crippen LogP contribution in [0.2, 0.25) is 0 Å². The first kappa shape index (κ1) is 17.3. The van der Waals surface area contributed by atoms with Gasteiger partial charge in [0, 0.05) is 50.9 Å². The molecule has 1 atom stereocenters. The number of carbonyl (C=O) groups is 1. The highest BCUT2D eigenvalue weighted by atomic mass is 32.2. The second-order valence-electron chi connectivity index (χ2n) is 7.24. The summed E-state index contributed by atoms with van der Waals surface area (Å²) in [7, 11) is -0.130. The van der Waals surface area contributed by atoms with Gasteiger partial charge in [-0.25, -0.2) is 4.79 Å². The van der Waals surface area contributed by atoms with E-state index in [0.29, 0.717) is 18.8 Å². The third-order valence-corrected chi connectivity index (χ3v) is 7.99. The van der Waals surface area contributed by atoms with E-state index in [-0.39, 0.29) is 16.4 Å². The average molecular weight is 389 g/mol. The van der Waals surface area contributed by atoms with E-state index in [0.717, 1.165) is 0 Å². The summed E-state index contributed by atoms with van der Waals surface area (Å²) in [6.07, 6.45) is 0.134. The molecule has 140 valence electrons. The maximum absolute atomic E-state index is 11.7. The van der Waals surface area contributed by atoms with Gasteiger partial charge < -0.3 is 9.47 Å². The Kier molecular flexibility index (Phi) is 4.09. The highest BCUT2D eigenvalue weighted by Gasteiger charge is 2.29. The Morgan fingerprint density at radius 2 is 1.50 bits per heavy atom. The van der Waals surface area contributed by atoms with Crippen molar-refractivity contribution in [2.45, 2.75) is 26.4 Å². The lowest BCUT2D eigenvalue weighted by molar-refractivity contribution is -0.143. The van der Waals surface area contributed by atoms with E-state index in [4.69, 9.17) is 9.47 Å². The molecule has 1 aliphatic rings. The summed E-state index contributed by atoms with van der Waals surface area (Å²) < 4.78 is 13.6. The Morgan fingerprint density at radius 1 is 0.893 bits per heavy atom. The van der Waals surface area contributed by atoms with E-state index in [9.17, 15) is 4.79 Å². The first-order valence-corrected chi connectivity index (χ1v) is 10.7. The van der Waals surface area contributed by atoms with Gasteiger partial charge in [-0.05, 0) is 38.1 Å². The highest BCUT2D eigenvalue weighted by Crippen LogP contribution is 2.50. The molecule has 4 aromatic rings. The molecule has 0 radical (unpaired) electrons. The molecule has 4 heteroatoms. The predicted molar refractivity (Wildman–Crippen MR) is 115 cm³/mol. The van der Waals surface area contributed by atoms with Gasteiger partial charge >= 0.3 is 5.97 Å². The Morgan fingerprint density at radius 3 is 2.04 bits per heavy atom. The van der Waals surface area contributed by atoms with Crippen LogP contribution in [-0.4, -0.2) is 18.7 Å². The van der Waals surface area contributed by atoms with Crippen LogP contribution in [0.4, 0.5) is 0 Å². The molecule has 1 fully saturated rings. The summed E-state index contributed by atoms with van der Waals surface area (Å²) in [6, 6.07) is 21.4. The standard InChI is InChI=1S/C24H21O3S/c1-15-5-3-7-19-20-8-4-6-16(2)23(20)28(22(15)19)18-11-9-17(10-12-18)27-21-13-14-26-24(21)25/h3-12,21H,13-14H2,1-2H3/q+1. The van der Waals surface area contributed by atoms with Crippen LogP contribution in [0.15, 0.2) is 60.7 Å². The van der Waals surface area contributed by atoms with Gasteiger partial charge in [-0.2, -0.15) is 0 Å². The van der Waals surface area contributed by atoms with Gasteiger partial charge in [-0.15, -0.1) is 0 Å². The van der Waals surface area contributed by atoms with E-state index in [2.05, 4.69) is 62.4 Å². The third kappa shape index (κ3) is 2.68. The molecule has 3 aromatic carbocycles. The van der Waals surface area contributed by atoms with Gasteiger partial charge in [0.25, 0.3) is 0 Å². The number of hydrogen-bond acceptors (Lipinski definition) is 3. The summed E-state index contributed by atoms with van der Waals surface area (Å²) in [6.45, 7) is 4.84. The topological polar surface area (TPSA) is 35.5 Å². The van der Waals surface area contributed by atoms with E-state index in [1.165, 1.54) is 36.2 Å². The fourth-order valence-electron chi connectivity index (χ4n) is 4.01. The molecule has 5 rings (SSSR count). The molecule has 0 saturated carbocycles. The lowest BCUT2D eigenvalue weighted by Crippen LogP contribution is -2.21. The molecular weight excluding hydrogens is 368 g/mol. The molecule has 3 nitrogen and oxygen atoms in total. The molecule has 1 aliphatic heterocycles. The van der Waals surface area contributed by atoms with Crippen LogP contribution >= 0.6 is 10.5 Å². The maximum atomic E-state index is 11.7. The van der Waals surface area contributed by atoms with Gasteiger partial charge in [0.15, 0.2) is 20.4 Å². The largest absolute Gasteiger partial charge is 0.479 e. The quantitative estimate of drug-likeness (QED) is 0.316. The maximum Gasteiger partial charge on any atom is 0.347 e. The van der Waals surface area contributed by atoms with Crippen molar-refractivity contribution in [2.24, 2.45) is 0 Å². The summed E-state index contributed by atoms with van der Waals surface area (Å²) in [5.41, 5.74) is 2.65. The van der Waals surface area contributed by atoms with Gasteiger partial charge in [-0.3, -0.25) is 0 Å². The van der Waals surface area contributed by atoms with Crippen molar-refractivity contribution in [2.75, 3.05) is 6.61 Å². The first-order valence-electron chi connectivity index (χ1n) is 9.51. The second-order valence-corrected chi connectivity index (χ2v) is 9.14.